The number of halogens is 3. The van der Waals surface area contributed by atoms with Gasteiger partial charge in [-0.3, -0.25) is 0 Å². The number of anilines is 2. The van der Waals surface area contributed by atoms with Crippen molar-refractivity contribution in [3.63, 3.8) is 0 Å². The van der Waals surface area contributed by atoms with Gasteiger partial charge >= 0.3 is 6.18 Å². The van der Waals surface area contributed by atoms with E-state index in [2.05, 4.69) is 27.0 Å². The fourth-order valence-corrected chi connectivity index (χ4v) is 2.73. The molecule has 142 valence electrons. The van der Waals surface area contributed by atoms with Crippen LogP contribution in [0.4, 0.5) is 24.9 Å². The number of hydrogen-bond donors (Lipinski definition) is 2. The Morgan fingerprint density at radius 3 is 2.81 bits per heavy atom. The Hall–Kier alpha value is -3.30. The lowest BCUT2D eigenvalue weighted by Gasteiger charge is -2.07. The Labute approximate surface area is 153 Å². The minimum Gasteiger partial charge on any atom is -0.371 e. The molecule has 0 saturated carbocycles. The first-order chi connectivity index (χ1) is 12.7. The topological polar surface area (TPSA) is 86.1 Å². The SMILES string of the molecule is C=C(/C=C\c1ncc(CC(F)(F)F)n1C)c1ccn2nc(N)nc(NC)c12. The zero-order valence-corrected chi connectivity index (χ0v) is 14.7. The molecule has 0 saturated heterocycles. The van der Waals surface area contributed by atoms with E-state index in [1.165, 1.54) is 10.8 Å². The van der Waals surface area contributed by atoms with Gasteiger partial charge in [-0.05, 0) is 17.7 Å². The second-order valence-corrected chi connectivity index (χ2v) is 5.91. The first-order valence-electron chi connectivity index (χ1n) is 7.97. The van der Waals surface area contributed by atoms with Crippen molar-refractivity contribution in [1.82, 2.24) is 24.1 Å². The maximum atomic E-state index is 12.6. The van der Waals surface area contributed by atoms with Gasteiger partial charge in [-0.15, -0.1) is 5.10 Å². The lowest BCUT2D eigenvalue weighted by atomic mass is 10.1. The molecule has 0 spiro atoms. The molecule has 0 fully saturated rings. The molecule has 0 radical (unpaired) electrons. The van der Waals surface area contributed by atoms with Crippen LogP contribution in [0.5, 0.6) is 0 Å². The number of aromatic nitrogens is 5. The zero-order chi connectivity index (χ0) is 19.8. The predicted octanol–water partition coefficient (Wildman–Crippen LogP) is 2.92. The van der Waals surface area contributed by atoms with E-state index in [-0.39, 0.29) is 11.6 Å². The van der Waals surface area contributed by atoms with E-state index in [4.69, 9.17) is 5.73 Å². The van der Waals surface area contributed by atoms with Crippen LogP contribution in [0.25, 0.3) is 17.2 Å². The molecule has 3 heterocycles. The number of alkyl halides is 3. The summed E-state index contributed by atoms with van der Waals surface area (Å²) in [5.41, 5.74) is 7.84. The van der Waals surface area contributed by atoms with E-state index >= 15 is 0 Å². The molecule has 3 N–H and O–H groups in total. The standard InChI is InChI=1S/C17H18F3N7/c1-10(4-5-13-23-9-11(26(13)3)8-17(18,19)20)12-6-7-27-14(12)15(22-2)24-16(21)25-27/h4-7,9H,1,8H2,2-3H3,(H3,21,22,24,25)/b5-4-. The summed E-state index contributed by atoms with van der Waals surface area (Å²) in [5, 5.41) is 7.07. The summed E-state index contributed by atoms with van der Waals surface area (Å²) in [6.45, 7) is 4.02. The van der Waals surface area contributed by atoms with Crippen molar-refractivity contribution in [2.75, 3.05) is 18.1 Å². The summed E-state index contributed by atoms with van der Waals surface area (Å²) in [7, 11) is 3.26. The van der Waals surface area contributed by atoms with Gasteiger partial charge in [0.05, 0.1) is 6.42 Å². The molecule has 0 aliphatic heterocycles. The number of nitrogen functional groups attached to an aromatic ring is 1. The molecule has 0 amide bonds. The van der Waals surface area contributed by atoms with Gasteiger partial charge in [0.1, 0.15) is 11.3 Å². The maximum absolute atomic E-state index is 12.6. The molecule has 0 atom stereocenters. The summed E-state index contributed by atoms with van der Waals surface area (Å²) in [6, 6.07) is 1.81. The predicted molar refractivity (Wildman–Crippen MR) is 98.0 cm³/mol. The van der Waals surface area contributed by atoms with E-state index in [9.17, 15) is 13.2 Å². The number of hydrogen-bond acceptors (Lipinski definition) is 5. The minimum atomic E-state index is -4.28. The van der Waals surface area contributed by atoms with E-state index in [0.29, 0.717) is 22.7 Å². The van der Waals surface area contributed by atoms with Crippen LogP contribution in [0.3, 0.4) is 0 Å². The second kappa shape index (κ2) is 6.78. The van der Waals surface area contributed by atoms with Gasteiger partial charge in [0.2, 0.25) is 5.95 Å². The number of rotatable bonds is 5. The minimum absolute atomic E-state index is 0.0865. The maximum Gasteiger partial charge on any atom is 0.394 e. The number of nitrogens with one attached hydrogen (secondary N) is 1. The smallest absolute Gasteiger partial charge is 0.371 e. The lowest BCUT2D eigenvalue weighted by Crippen LogP contribution is -2.14. The number of imidazole rings is 1. The van der Waals surface area contributed by atoms with Crippen LogP contribution >= 0.6 is 0 Å². The van der Waals surface area contributed by atoms with Crippen LogP contribution in [-0.2, 0) is 13.5 Å². The Balaban J connectivity index is 1.89. The molecule has 0 aromatic carbocycles. The molecule has 0 unspecified atom stereocenters. The van der Waals surface area contributed by atoms with Crippen LogP contribution in [0.1, 0.15) is 17.1 Å². The van der Waals surface area contributed by atoms with Gasteiger partial charge in [0.15, 0.2) is 5.82 Å². The van der Waals surface area contributed by atoms with Gasteiger partial charge < -0.3 is 15.6 Å². The van der Waals surface area contributed by atoms with E-state index in [0.717, 1.165) is 5.56 Å². The van der Waals surface area contributed by atoms with Crippen LogP contribution in [-0.4, -0.2) is 37.4 Å². The first-order valence-corrected chi connectivity index (χ1v) is 7.97. The normalized spacial score (nSPS) is 12.2. The number of fused-ring (bicyclic) bond motifs is 1. The van der Waals surface area contributed by atoms with Crippen LogP contribution in [0.2, 0.25) is 0 Å². The van der Waals surface area contributed by atoms with E-state index in [1.54, 1.807) is 37.0 Å². The number of nitrogens with two attached hydrogens (primary N) is 1. The van der Waals surface area contributed by atoms with Crippen LogP contribution in [0.15, 0.2) is 31.1 Å². The molecule has 10 heteroatoms. The van der Waals surface area contributed by atoms with Gasteiger partial charge in [-0.25, -0.2) is 9.50 Å². The van der Waals surface area contributed by atoms with E-state index < -0.39 is 12.6 Å². The Kier molecular flexibility index (Phi) is 4.64. The second-order valence-electron chi connectivity index (χ2n) is 5.91. The van der Waals surface area contributed by atoms with Crippen molar-refractivity contribution in [2.45, 2.75) is 12.6 Å². The first kappa shape index (κ1) is 18.5. The molecule has 27 heavy (non-hydrogen) atoms. The molecule has 3 aromatic heterocycles. The van der Waals surface area contributed by atoms with E-state index in [1.807, 2.05) is 6.07 Å². The summed E-state index contributed by atoms with van der Waals surface area (Å²) in [4.78, 5) is 8.19. The lowest BCUT2D eigenvalue weighted by molar-refractivity contribution is -0.128. The fourth-order valence-electron chi connectivity index (χ4n) is 2.73. The largest absolute Gasteiger partial charge is 0.394 e. The molecule has 7 nitrogen and oxygen atoms in total. The molecular formula is C17H18F3N7. The van der Waals surface area contributed by atoms with Gasteiger partial charge in [0.25, 0.3) is 0 Å². The number of nitrogens with zero attached hydrogens (tertiary/aromatic N) is 5. The third-order valence-corrected chi connectivity index (χ3v) is 4.05. The van der Waals surface area contributed by atoms with Crippen molar-refractivity contribution in [1.29, 1.82) is 0 Å². The third kappa shape index (κ3) is 3.78. The molecule has 0 aliphatic carbocycles. The summed E-state index contributed by atoms with van der Waals surface area (Å²) < 4.78 is 40.7. The molecule has 0 aliphatic rings. The van der Waals surface area contributed by atoms with Crippen molar-refractivity contribution in [2.24, 2.45) is 7.05 Å². The van der Waals surface area contributed by atoms with Crippen molar-refractivity contribution in [3.05, 3.63) is 48.2 Å². The highest BCUT2D eigenvalue weighted by atomic mass is 19.4. The Morgan fingerprint density at radius 2 is 2.15 bits per heavy atom. The van der Waals surface area contributed by atoms with Crippen molar-refractivity contribution in [3.8, 4) is 0 Å². The quantitative estimate of drug-likeness (QED) is 0.668. The molecule has 0 bridgehead atoms. The zero-order valence-electron chi connectivity index (χ0n) is 14.7. The average Bonchev–Trinajstić information content (AvgIpc) is 3.15. The third-order valence-electron chi connectivity index (χ3n) is 4.05. The fraction of sp³-hybridized carbons (Fsp3) is 0.235. The summed E-state index contributed by atoms with van der Waals surface area (Å²) >= 11 is 0. The monoisotopic (exact) mass is 377 g/mol. The van der Waals surface area contributed by atoms with Crippen LogP contribution < -0.4 is 11.1 Å². The Bertz CT molecular complexity index is 1030. The highest BCUT2D eigenvalue weighted by Gasteiger charge is 2.29. The summed E-state index contributed by atoms with van der Waals surface area (Å²) in [6.07, 6.45) is 0.937. The van der Waals surface area contributed by atoms with Gasteiger partial charge in [-0.2, -0.15) is 18.2 Å². The molecule has 3 rings (SSSR count). The van der Waals surface area contributed by atoms with Crippen LogP contribution in [0, 0.1) is 0 Å². The van der Waals surface area contributed by atoms with Crippen molar-refractivity contribution < 1.29 is 13.2 Å². The Morgan fingerprint density at radius 1 is 1.41 bits per heavy atom. The molecule has 3 aromatic rings. The highest BCUT2D eigenvalue weighted by molar-refractivity contribution is 5.90. The van der Waals surface area contributed by atoms with Crippen molar-refractivity contribution >= 4 is 28.9 Å². The van der Waals surface area contributed by atoms with Gasteiger partial charge in [0, 0.05) is 37.7 Å². The van der Waals surface area contributed by atoms with Gasteiger partial charge in [-0.1, -0.05) is 12.7 Å². The summed E-state index contributed by atoms with van der Waals surface area (Å²) in [5.74, 6) is 1.06. The highest BCUT2D eigenvalue weighted by Crippen LogP contribution is 2.27. The number of allylic oxidation sites excluding steroid dienone is 2. The average molecular weight is 377 g/mol. The molecular weight excluding hydrogens is 359 g/mol.